The van der Waals surface area contributed by atoms with Gasteiger partial charge in [0.2, 0.25) is 10.0 Å². The zero-order chi connectivity index (χ0) is 26.6. The number of sulfonamides is 1. The molecule has 0 atom stereocenters. The largest absolute Gasteiger partial charge is 1.00 e. The van der Waals surface area contributed by atoms with E-state index in [-0.39, 0.29) is 52.1 Å². The van der Waals surface area contributed by atoms with Crippen molar-refractivity contribution in [2.45, 2.75) is 35.8 Å². The van der Waals surface area contributed by atoms with Crippen molar-refractivity contribution in [3.8, 4) is 0 Å². The third kappa shape index (κ3) is 8.85. The van der Waals surface area contributed by atoms with Gasteiger partial charge in [-0.1, -0.05) is 24.3 Å². The van der Waals surface area contributed by atoms with E-state index in [4.69, 9.17) is 0 Å². The molecule has 5 N–H and O–H groups in total. The molecule has 0 saturated heterocycles. The van der Waals surface area contributed by atoms with E-state index in [1.165, 1.54) is 44.2 Å². The van der Waals surface area contributed by atoms with Gasteiger partial charge in [0.1, 0.15) is 9.79 Å². The van der Waals surface area contributed by atoms with Crippen molar-refractivity contribution in [1.82, 2.24) is 5.32 Å². The van der Waals surface area contributed by atoms with Crippen LogP contribution in [0.2, 0.25) is 0 Å². The molecule has 2 aromatic carbocycles. The van der Waals surface area contributed by atoms with E-state index in [0.717, 1.165) is 18.2 Å². The maximum absolute atomic E-state index is 12.1. The zero-order valence-corrected chi connectivity index (χ0v) is 24.3. The average Bonchev–Trinajstić information content (AvgIpc) is 2.71. The van der Waals surface area contributed by atoms with Crippen LogP contribution in [0.5, 0.6) is 0 Å². The van der Waals surface area contributed by atoms with Gasteiger partial charge < -0.3 is 10.6 Å². The average molecular weight is 571 g/mol. The molecule has 0 saturated carbocycles. The molecule has 2 amide bonds. The number of rotatable bonds is 9. The van der Waals surface area contributed by atoms with Crippen LogP contribution in [-0.4, -0.2) is 52.2 Å². The summed E-state index contributed by atoms with van der Waals surface area (Å²) in [5.41, 5.74) is -0.186. The summed E-state index contributed by atoms with van der Waals surface area (Å²) in [5, 5.41) is 4.05. The Labute approximate surface area is 232 Å². The Kier molecular flexibility index (Phi) is 11.1. The van der Waals surface area contributed by atoms with Crippen molar-refractivity contribution in [2.24, 2.45) is 0 Å². The first kappa shape index (κ1) is 32.0. The number of benzene rings is 2. The summed E-state index contributed by atoms with van der Waals surface area (Å²) < 4.78 is 93.2. The van der Waals surface area contributed by atoms with Crippen LogP contribution in [0, 0.1) is 0 Å². The molecule has 2 rings (SSSR count). The van der Waals surface area contributed by atoms with Crippen molar-refractivity contribution in [2.75, 3.05) is 16.6 Å². The molecule has 0 unspecified atom stereocenters. The van der Waals surface area contributed by atoms with Crippen LogP contribution in [0.15, 0.2) is 46.2 Å². The van der Waals surface area contributed by atoms with Crippen molar-refractivity contribution >= 4 is 59.8 Å². The van der Waals surface area contributed by atoms with Gasteiger partial charge >= 0.3 is 35.6 Å². The number of carbonyl (C=O) groups excluding carboxylic acids is 1. The van der Waals surface area contributed by atoms with Crippen molar-refractivity contribution in [3.05, 3.63) is 47.5 Å². The smallest absolute Gasteiger partial charge is 0.338 e. The quantitative estimate of drug-likeness (QED) is 0.152. The molecule has 0 aromatic heterocycles. The third-order valence-electron chi connectivity index (χ3n) is 4.50. The molecular formula is C20H25N3NaO9S3+. The molecule has 192 valence electrons. The molecule has 0 aliphatic rings. The first-order valence-corrected chi connectivity index (χ1v) is 14.4. The van der Waals surface area contributed by atoms with E-state index >= 15 is 0 Å². The number of urea groups is 1. The van der Waals surface area contributed by atoms with E-state index in [0.29, 0.717) is 6.54 Å². The molecule has 0 aliphatic heterocycles. The van der Waals surface area contributed by atoms with E-state index in [1.54, 1.807) is 6.92 Å². The number of anilines is 2. The molecule has 0 radical (unpaired) electrons. The molecule has 2 aromatic rings. The van der Waals surface area contributed by atoms with Crippen LogP contribution >= 0.6 is 0 Å². The summed E-state index contributed by atoms with van der Waals surface area (Å²) in [7, 11) is -13.4. The topological polar surface area (TPSA) is 196 Å². The summed E-state index contributed by atoms with van der Waals surface area (Å²) in [6.07, 6.45) is 2.33. The summed E-state index contributed by atoms with van der Waals surface area (Å²) in [6, 6.07) is 6.42. The number of amides is 2. The van der Waals surface area contributed by atoms with Gasteiger partial charge in [-0.15, -0.1) is 0 Å². The minimum absolute atomic E-state index is 0. The van der Waals surface area contributed by atoms with Gasteiger partial charge in [-0.25, -0.2) is 13.2 Å². The van der Waals surface area contributed by atoms with E-state index in [2.05, 4.69) is 15.4 Å². The van der Waals surface area contributed by atoms with E-state index in [1.807, 2.05) is 0 Å². The van der Waals surface area contributed by atoms with Gasteiger partial charge in [-0.3, -0.25) is 13.8 Å². The fourth-order valence-corrected chi connectivity index (χ4v) is 4.84. The SMILES string of the molecule is CCNC(=O)Nc1ccc(/C=C/c2ccc(NS(=O)(=O)C(C)C)cc2S(=O)(=O)O)c(S(=O)(=O)O)c1.[Na+]. The first-order valence-electron chi connectivity index (χ1n) is 10.0. The third-order valence-corrected chi connectivity index (χ3v) is 8.08. The summed E-state index contributed by atoms with van der Waals surface area (Å²) in [5.74, 6) is 0. The van der Waals surface area contributed by atoms with Crippen molar-refractivity contribution < 1.29 is 68.7 Å². The van der Waals surface area contributed by atoms with Crippen molar-refractivity contribution in [3.63, 3.8) is 0 Å². The molecule has 0 spiro atoms. The zero-order valence-electron chi connectivity index (χ0n) is 19.9. The van der Waals surface area contributed by atoms with E-state index in [9.17, 15) is 39.2 Å². The predicted molar refractivity (Wildman–Crippen MR) is 132 cm³/mol. The van der Waals surface area contributed by atoms with E-state index < -0.39 is 51.3 Å². The number of carbonyl (C=O) groups is 1. The normalized spacial score (nSPS) is 12.3. The predicted octanol–water partition coefficient (Wildman–Crippen LogP) is -0.354. The fraction of sp³-hybridized carbons (Fsp3) is 0.250. The minimum Gasteiger partial charge on any atom is -0.338 e. The van der Waals surface area contributed by atoms with Crippen LogP contribution in [0.25, 0.3) is 12.2 Å². The Morgan fingerprint density at radius 1 is 0.861 bits per heavy atom. The van der Waals surface area contributed by atoms with Crippen LogP contribution in [0.1, 0.15) is 31.9 Å². The summed E-state index contributed by atoms with van der Waals surface area (Å²) >= 11 is 0. The van der Waals surface area contributed by atoms with Crippen LogP contribution in [0.3, 0.4) is 0 Å². The molecule has 0 aliphatic carbocycles. The van der Waals surface area contributed by atoms with Crippen LogP contribution in [0.4, 0.5) is 16.2 Å². The first-order chi connectivity index (χ1) is 16.0. The van der Waals surface area contributed by atoms with Crippen molar-refractivity contribution in [1.29, 1.82) is 0 Å². The maximum Gasteiger partial charge on any atom is 1.00 e. The number of nitrogens with one attached hydrogen (secondary N) is 3. The molecular weight excluding hydrogens is 545 g/mol. The Balaban J connectivity index is 0.00000648. The molecule has 16 heteroatoms. The Morgan fingerprint density at radius 3 is 1.72 bits per heavy atom. The Hall–Kier alpha value is -1.98. The summed E-state index contributed by atoms with van der Waals surface area (Å²) in [6.45, 7) is 4.86. The molecule has 0 fully saturated rings. The Morgan fingerprint density at radius 2 is 1.31 bits per heavy atom. The van der Waals surface area contributed by atoms with Gasteiger partial charge in [-0.2, -0.15) is 16.8 Å². The van der Waals surface area contributed by atoms with Crippen LogP contribution < -0.4 is 44.9 Å². The second-order valence-electron chi connectivity index (χ2n) is 7.47. The van der Waals surface area contributed by atoms with Gasteiger partial charge in [0, 0.05) is 17.9 Å². The number of hydrogen-bond donors (Lipinski definition) is 5. The molecule has 0 bridgehead atoms. The molecule has 36 heavy (non-hydrogen) atoms. The van der Waals surface area contributed by atoms with Crippen LogP contribution in [-0.2, 0) is 30.3 Å². The fourth-order valence-electron chi connectivity index (χ4n) is 2.73. The van der Waals surface area contributed by atoms with Gasteiger partial charge in [0.05, 0.1) is 5.25 Å². The monoisotopic (exact) mass is 570 g/mol. The van der Waals surface area contributed by atoms with Gasteiger partial charge in [0.15, 0.2) is 0 Å². The van der Waals surface area contributed by atoms with Gasteiger partial charge in [0.25, 0.3) is 20.2 Å². The standard InChI is InChI=1S/C20H25N3O9S3.Na/c1-4-21-20(24)22-16-9-7-14(18(11-16)34(27,28)29)5-6-15-8-10-17(12-19(15)35(30,31)32)23-33(25,26)13(2)3;/h5-13,23H,4H2,1-3H3,(H2,21,22,24)(H,27,28,29)(H,30,31,32);/q;+1/b6-5+;. The molecule has 0 heterocycles. The number of hydrogen-bond acceptors (Lipinski definition) is 7. The second kappa shape index (κ2) is 12.5. The second-order valence-corrected chi connectivity index (χ2v) is 12.5. The minimum atomic E-state index is -4.81. The van der Waals surface area contributed by atoms with Gasteiger partial charge in [-0.05, 0) is 56.2 Å². The summed E-state index contributed by atoms with van der Waals surface area (Å²) in [4.78, 5) is 10.5. The molecule has 12 nitrogen and oxygen atoms in total. The Bertz CT molecular complexity index is 1470. The maximum atomic E-state index is 12.1.